The normalized spacial score (nSPS) is 15.5. The molecular formula is C25H25N3O4S. The summed E-state index contributed by atoms with van der Waals surface area (Å²) < 4.78 is 16.4. The van der Waals surface area contributed by atoms with Crippen molar-refractivity contribution in [1.82, 2.24) is 10.6 Å². The Morgan fingerprint density at radius 3 is 2.42 bits per heavy atom. The SMILES string of the molecule is COc1ccc(OC)c(NC(=O)C2=C(C)NC(=S)NC2c2c(OC)ccc3ccccc23)c1. The van der Waals surface area contributed by atoms with E-state index >= 15 is 0 Å². The van der Waals surface area contributed by atoms with Gasteiger partial charge in [-0.25, -0.2) is 0 Å². The fraction of sp³-hybridized carbons (Fsp3) is 0.200. The molecule has 1 unspecified atom stereocenters. The standard InChI is InChI=1S/C25H25N3O4S/c1-14-21(24(29)27-18-13-16(30-2)10-12-19(18)31-3)23(28-25(33)26-14)22-17-8-6-5-7-15(17)9-11-20(22)32-4/h5-13,23H,1-4H3,(H,27,29)(H2,26,28,33). The first-order valence-corrected chi connectivity index (χ1v) is 10.7. The molecule has 3 aromatic rings. The van der Waals surface area contributed by atoms with E-state index in [9.17, 15) is 4.79 Å². The van der Waals surface area contributed by atoms with Gasteiger partial charge in [0.1, 0.15) is 17.2 Å². The molecule has 4 rings (SSSR count). The van der Waals surface area contributed by atoms with Crippen LogP contribution in [0.5, 0.6) is 17.2 Å². The maximum Gasteiger partial charge on any atom is 0.255 e. The van der Waals surface area contributed by atoms with Gasteiger partial charge in [0.25, 0.3) is 5.91 Å². The minimum atomic E-state index is -0.531. The molecule has 1 heterocycles. The fourth-order valence-corrected chi connectivity index (χ4v) is 4.34. The second-order valence-electron chi connectivity index (χ2n) is 7.49. The van der Waals surface area contributed by atoms with Gasteiger partial charge < -0.3 is 30.2 Å². The number of fused-ring (bicyclic) bond motifs is 1. The lowest BCUT2D eigenvalue weighted by atomic mass is 9.90. The van der Waals surface area contributed by atoms with Crippen LogP contribution in [0.4, 0.5) is 5.69 Å². The Hall–Kier alpha value is -3.78. The molecule has 1 amide bonds. The number of carbonyl (C=O) groups is 1. The summed E-state index contributed by atoms with van der Waals surface area (Å²) >= 11 is 5.44. The molecule has 1 aliphatic rings. The van der Waals surface area contributed by atoms with Crippen molar-refractivity contribution in [2.75, 3.05) is 26.6 Å². The third-order valence-electron chi connectivity index (χ3n) is 5.61. The summed E-state index contributed by atoms with van der Waals surface area (Å²) in [5.74, 6) is 1.48. The largest absolute Gasteiger partial charge is 0.497 e. The molecule has 0 spiro atoms. The second-order valence-corrected chi connectivity index (χ2v) is 7.90. The molecule has 3 N–H and O–H groups in total. The van der Waals surface area contributed by atoms with Crippen LogP contribution in [0.25, 0.3) is 10.8 Å². The Bertz CT molecular complexity index is 1270. The maximum absolute atomic E-state index is 13.6. The van der Waals surface area contributed by atoms with E-state index < -0.39 is 6.04 Å². The van der Waals surface area contributed by atoms with Gasteiger partial charge in [-0.3, -0.25) is 4.79 Å². The summed E-state index contributed by atoms with van der Waals surface area (Å²) in [5.41, 5.74) is 2.47. The van der Waals surface area contributed by atoms with Gasteiger partial charge in [-0.2, -0.15) is 0 Å². The van der Waals surface area contributed by atoms with Gasteiger partial charge in [0, 0.05) is 17.3 Å². The van der Waals surface area contributed by atoms with E-state index in [0.717, 1.165) is 16.3 Å². The Kier molecular flexibility index (Phi) is 6.37. The minimum absolute atomic E-state index is 0.304. The van der Waals surface area contributed by atoms with E-state index in [2.05, 4.69) is 16.0 Å². The Morgan fingerprint density at radius 2 is 1.70 bits per heavy atom. The molecule has 7 nitrogen and oxygen atoms in total. The van der Waals surface area contributed by atoms with Crippen molar-refractivity contribution < 1.29 is 19.0 Å². The Labute approximate surface area is 197 Å². The van der Waals surface area contributed by atoms with E-state index in [1.54, 1.807) is 39.5 Å². The summed E-state index contributed by atoms with van der Waals surface area (Å²) in [7, 11) is 4.73. The molecule has 33 heavy (non-hydrogen) atoms. The van der Waals surface area contributed by atoms with Crippen molar-refractivity contribution in [2.45, 2.75) is 13.0 Å². The van der Waals surface area contributed by atoms with Crippen LogP contribution in [0.15, 0.2) is 65.9 Å². The van der Waals surface area contributed by atoms with Crippen molar-refractivity contribution in [2.24, 2.45) is 0 Å². The zero-order chi connectivity index (χ0) is 23.5. The number of hydrogen-bond acceptors (Lipinski definition) is 5. The average molecular weight is 464 g/mol. The predicted octanol–water partition coefficient (Wildman–Crippen LogP) is 4.30. The molecule has 0 radical (unpaired) electrons. The number of nitrogens with one attached hydrogen (secondary N) is 3. The van der Waals surface area contributed by atoms with Crippen molar-refractivity contribution in [3.63, 3.8) is 0 Å². The lowest BCUT2D eigenvalue weighted by molar-refractivity contribution is -0.113. The van der Waals surface area contributed by atoms with Crippen molar-refractivity contribution in [1.29, 1.82) is 0 Å². The van der Waals surface area contributed by atoms with Gasteiger partial charge in [0.15, 0.2) is 5.11 Å². The van der Waals surface area contributed by atoms with Gasteiger partial charge in [0.05, 0.1) is 38.6 Å². The van der Waals surface area contributed by atoms with Crippen molar-refractivity contribution >= 4 is 39.7 Å². The number of carbonyl (C=O) groups excluding carboxylic acids is 1. The van der Waals surface area contributed by atoms with Gasteiger partial charge in [0.2, 0.25) is 0 Å². The maximum atomic E-state index is 13.6. The number of thiocarbonyl (C=S) groups is 1. The number of ether oxygens (including phenoxy) is 3. The third-order valence-corrected chi connectivity index (χ3v) is 5.83. The van der Waals surface area contributed by atoms with Crippen LogP contribution < -0.4 is 30.2 Å². The van der Waals surface area contributed by atoms with E-state index in [1.807, 2.05) is 43.3 Å². The number of allylic oxidation sites excluding steroid dienone is 1. The van der Waals surface area contributed by atoms with E-state index in [1.165, 1.54) is 0 Å². The molecule has 0 aromatic heterocycles. The van der Waals surface area contributed by atoms with Crippen LogP contribution in [-0.2, 0) is 4.79 Å². The van der Waals surface area contributed by atoms with Gasteiger partial charge >= 0.3 is 0 Å². The van der Waals surface area contributed by atoms with E-state index in [-0.39, 0.29) is 5.91 Å². The zero-order valence-corrected chi connectivity index (χ0v) is 19.6. The number of anilines is 1. The fourth-order valence-electron chi connectivity index (χ4n) is 4.06. The number of amides is 1. The molecule has 1 aliphatic heterocycles. The minimum Gasteiger partial charge on any atom is -0.497 e. The summed E-state index contributed by atoms with van der Waals surface area (Å²) in [6.07, 6.45) is 0. The lowest BCUT2D eigenvalue weighted by Crippen LogP contribution is -2.46. The number of methoxy groups -OCH3 is 3. The molecule has 0 aliphatic carbocycles. The first kappa shape index (κ1) is 22.4. The van der Waals surface area contributed by atoms with Crippen molar-refractivity contribution in [3.8, 4) is 17.2 Å². The highest BCUT2D eigenvalue weighted by molar-refractivity contribution is 7.80. The molecule has 8 heteroatoms. The summed E-state index contributed by atoms with van der Waals surface area (Å²) in [6, 6.07) is 16.6. The van der Waals surface area contributed by atoms with E-state index in [0.29, 0.717) is 39.3 Å². The third kappa shape index (κ3) is 4.29. The molecule has 170 valence electrons. The molecule has 0 fully saturated rings. The lowest BCUT2D eigenvalue weighted by Gasteiger charge is -2.32. The topological polar surface area (TPSA) is 80.9 Å². The van der Waals surface area contributed by atoms with Gasteiger partial charge in [-0.05, 0) is 48.1 Å². The van der Waals surface area contributed by atoms with E-state index in [4.69, 9.17) is 26.4 Å². The van der Waals surface area contributed by atoms with Gasteiger partial charge in [-0.15, -0.1) is 0 Å². The number of rotatable bonds is 6. The quantitative estimate of drug-likeness (QED) is 0.471. The molecule has 0 saturated carbocycles. The monoisotopic (exact) mass is 463 g/mol. The number of benzene rings is 3. The molecule has 1 atom stereocenters. The predicted molar refractivity (Wildman–Crippen MR) is 133 cm³/mol. The highest BCUT2D eigenvalue weighted by Gasteiger charge is 2.33. The Balaban J connectivity index is 1.83. The molecule has 0 bridgehead atoms. The van der Waals surface area contributed by atoms with Crippen LogP contribution in [0.1, 0.15) is 18.5 Å². The van der Waals surface area contributed by atoms with Crippen LogP contribution in [-0.4, -0.2) is 32.3 Å². The van der Waals surface area contributed by atoms with Gasteiger partial charge in [-0.1, -0.05) is 30.3 Å². The Morgan fingerprint density at radius 1 is 0.970 bits per heavy atom. The van der Waals surface area contributed by atoms with Crippen LogP contribution in [0, 0.1) is 0 Å². The smallest absolute Gasteiger partial charge is 0.255 e. The highest BCUT2D eigenvalue weighted by Crippen LogP contribution is 2.39. The first-order valence-electron chi connectivity index (χ1n) is 10.3. The summed E-state index contributed by atoms with van der Waals surface area (Å²) in [4.78, 5) is 13.6. The summed E-state index contributed by atoms with van der Waals surface area (Å²) in [5, 5.41) is 11.7. The van der Waals surface area contributed by atoms with Crippen LogP contribution in [0.2, 0.25) is 0 Å². The molecular weight excluding hydrogens is 438 g/mol. The average Bonchev–Trinajstić information content (AvgIpc) is 2.82. The first-order chi connectivity index (χ1) is 16.0. The highest BCUT2D eigenvalue weighted by atomic mass is 32.1. The van der Waals surface area contributed by atoms with Crippen LogP contribution >= 0.6 is 12.2 Å². The molecule has 0 saturated heterocycles. The number of hydrogen-bond donors (Lipinski definition) is 3. The van der Waals surface area contributed by atoms with Crippen molar-refractivity contribution in [3.05, 3.63) is 71.4 Å². The second kappa shape index (κ2) is 9.38. The zero-order valence-electron chi connectivity index (χ0n) is 18.8. The summed E-state index contributed by atoms with van der Waals surface area (Å²) in [6.45, 7) is 1.83. The van der Waals surface area contributed by atoms with Crippen LogP contribution in [0.3, 0.4) is 0 Å². The molecule has 3 aromatic carbocycles.